The van der Waals surface area contributed by atoms with Crippen LogP contribution in [0.3, 0.4) is 0 Å². The molecule has 0 N–H and O–H groups in total. The molecule has 0 aliphatic heterocycles. The zero-order chi connectivity index (χ0) is 34.4. The van der Waals surface area contributed by atoms with Crippen molar-refractivity contribution < 1.29 is 4.42 Å². The van der Waals surface area contributed by atoms with Crippen molar-refractivity contribution in [3.63, 3.8) is 0 Å². The van der Waals surface area contributed by atoms with Gasteiger partial charge >= 0.3 is 0 Å². The summed E-state index contributed by atoms with van der Waals surface area (Å²) < 4.78 is 6.94. The van der Waals surface area contributed by atoms with Crippen LogP contribution in [0, 0.1) is 0 Å². The first-order chi connectivity index (χ1) is 25.8. The smallest absolute Gasteiger partial charge is 0.159 e. The number of nitrogens with zero attached hydrogens (tertiary/aromatic N) is 1. The van der Waals surface area contributed by atoms with Gasteiger partial charge in [0.05, 0.1) is 5.69 Å². The minimum Gasteiger partial charge on any atom is -0.453 e. The van der Waals surface area contributed by atoms with E-state index in [1.165, 1.54) is 43.8 Å². The van der Waals surface area contributed by atoms with Gasteiger partial charge in [0.15, 0.2) is 5.58 Å². The maximum absolute atomic E-state index is 6.94. The Morgan fingerprint density at radius 2 is 0.827 bits per heavy atom. The van der Waals surface area contributed by atoms with Crippen molar-refractivity contribution in [1.82, 2.24) is 0 Å². The largest absolute Gasteiger partial charge is 0.453 e. The quantitative estimate of drug-likeness (QED) is 0.176. The van der Waals surface area contributed by atoms with Crippen molar-refractivity contribution in [1.29, 1.82) is 0 Å². The fourth-order valence-corrected chi connectivity index (χ4v) is 7.61. The van der Waals surface area contributed by atoms with Gasteiger partial charge in [-0.15, -0.1) is 0 Å². The molecule has 2 heteroatoms. The first-order valence-electron chi connectivity index (χ1n) is 17.8. The number of rotatable bonds is 6. The molecule has 10 rings (SSSR count). The molecule has 2 nitrogen and oxygen atoms in total. The predicted octanol–water partition coefficient (Wildman–Crippen LogP) is 14.4. The molecule has 0 atom stereocenters. The fraction of sp³-hybridized carbons (Fsp3) is 0. The van der Waals surface area contributed by atoms with Crippen molar-refractivity contribution in [3.05, 3.63) is 200 Å². The molecule has 0 saturated carbocycles. The number of hydrogen-bond acceptors (Lipinski definition) is 2. The molecule has 0 radical (unpaired) electrons. The van der Waals surface area contributed by atoms with Crippen molar-refractivity contribution in [2.45, 2.75) is 0 Å². The molecular formula is C50H33NO. The van der Waals surface area contributed by atoms with Gasteiger partial charge in [0, 0.05) is 27.7 Å². The van der Waals surface area contributed by atoms with E-state index >= 15 is 0 Å². The fourth-order valence-electron chi connectivity index (χ4n) is 7.61. The Kier molecular flexibility index (Phi) is 7.18. The molecule has 0 bridgehead atoms. The molecule has 1 aromatic heterocycles. The zero-order valence-corrected chi connectivity index (χ0v) is 28.4. The second kappa shape index (κ2) is 12.5. The lowest BCUT2D eigenvalue weighted by atomic mass is 9.99. The molecule has 1 heterocycles. The average Bonchev–Trinajstić information content (AvgIpc) is 3.61. The first kappa shape index (κ1) is 30.0. The van der Waals surface area contributed by atoms with Crippen LogP contribution in [0.1, 0.15) is 0 Å². The standard InChI is InChI=1S/C50H33NO/c1-3-11-34(12-4-1)39-23-24-42-33-44(30-27-41(42)32-39)51(43-28-25-36(26-29-43)40-22-21-35-13-7-8-16-38(35)31-40)48-20-10-19-47-46-18-9-17-45(49(46)52-50(47)48)37-14-5-2-6-15-37/h1-33H. The maximum atomic E-state index is 6.94. The van der Waals surface area contributed by atoms with Crippen LogP contribution in [0.15, 0.2) is 205 Å². The van der Waals surface area contributed by atoms with E-state index in [0.29, 0.717) is 0 Å². The Morgan fingerprint density at radius 3 is 1.58 bits per heavy atom. The van der Waals surface area contributed by atoms with Crippen LogP contribution >= 0.6 is 0 Å². The van der Waals surface area contributed by atoms with Crippen LogP contribution in [-0.4, -0.2) is 0 Å². The highest BCUT2D eigenvalue weighted by molar-refractivity contribution is 6.13. The summed E-state index contributed by atoms with van der Waals surface area (Å²) in [4.78, 5) is 2.33. The lowest BCUT2D eigenvalue weighted by molar-refractivity contribution is 0.670. The molecule has 52 heavy (non-hydrogen) atoms. The zero-order valence-electron chi connectivity index (χ0n) is 28.4. The van der Waals surface area contributed by atoms with Crippen LogP contribution in [0.5, 0.6) is 0 Å². The topological polar surface area (TPSA) is 16.4 Å². The Morgan fingerprint density at radius 1 is 0.308 bits per heavy atom. The Hall–Kier alpha value is -6.90. The minimum absolute atomic E-state index is 0.860. The van der Waals surface area contributed by atoms with E-state index in [-0.39, 0.29) is 0 Å². The molecule has 0 aliphatic rings. The summed E-state index contributed by atoms with van der Waals surface area (Å²) in [6.07, 6.45) is 0. The molecule has 0 unspecified atom stereocenters. The molecule has 0 aliphatic carbocycles. The summed E-state index contributed by atoms with van der Waals surface area (Å²) in [5.41, 5.74) is 11.9. The summed E-state index contributed by atoms with van der Waals surface area (Å²) in [5, 5.41) is 7.07. The second-order valence-electron chi connectivity index (χ2n) is 13.4. The summed E-state index contributed by atoms with van der Waals surface area (Å²) in [5.74, 6) is 0. The van der Waals surface area contributed by atoms with E-state index in [1.54, 1.807) is 0 Å². The van der Waals surface area contributed by atoms with Crippen molar-refractivity contribution in [2.75, 3.05) is 4.90 Å². The molecule has 0 fully saturated rings. The van der Waals surface area contributed by atoms with Gasteiger partial charge in [-0.1, -0.05) is 158 Å². The Balaban J connectivity index is 1.14. The van der Waals surface area contributed by atoms with Gasteiger partial charge in [0.25, 0.3) is 0 Å². The van der Waals surface area contributed by atoms with Crippen molar-refractivity contribution in [3.8, 4) is 33.4 Å². The lowest BCUT2D eigenvalue weighted by Gasteiger charge is -2.26. The second-order valence-corrected chi connectivity index (χ2v) is 13.4. The van der Waals surface area contributed by atoms with Gasteiger partial charge in [-0.25, -0.2) is 0 Å². The normalized spacial score (nSPS) is 11.5. The van der Waals surface area contributed by atoms with Gasteiger partial charge in [0.2, 0.25) is 0 Å². The summed E-state index contributed by atoms with van der Waals surface area (Å²) >= 11 is 0. The van der Waals surface area contributed by atoms with Crippen LogP contribution in [0.4, 0.5) is 17.1 Å². The average molecular weight is 664 g/mol. The highest BCUT2D eigenvalue weighted by Crippen LogP contribution is 2.45. The SMILES string of the molecule is c1ccc(-c2ccc3cc(N(c4ccc(-c5ccc6ccccc6c5)cc4)c4cccc5c4oc4c(-c6ccccc6)cccc45)ccc3c2)cc1. The van der Waals surface area contributed by atoms with Crippen LogP contribution in [-0.2, 0) is 0 Å². The van der Waals surface area contributed by atoms with E-state index in [1.807, 2.05) is 0 Å². The number of benzene rings is 9. The molecule has 0 amide bonds. The highest BCUT2D eigenvalue weighted by atomic mass is 16.3. The van der Waals surface area contributed by atoms with Crippen LogP contribution in [0.25, 0.3) is 76.9 Å². The Bertz CT molecular complexity index is 2890. The summed E-state index contributed by atoms with van der Waals surface area (Å²) in [6.45, 7) is 0. The summed E-state index contributed by atoms with van der Waals surface area (Å²) in [6, 6.07) is 71.6. The van der Waals surface area contributed by atoms with Crippen molar-refractivity contribution >= 4 is 60.5 Å². The number of furan rings is 1. The van der Waals surface area contributed by atoms with Gasteiger partial charge in [-0.2, -0.15) is 0 Å². The van der Waals surface area contributed by atoms with Gasteiger partial charge < -0.3 is 9.32 Å². The maximum Gasteiger partial charge on any atom is 0.159 e. The molecule has 244 valence electrons. The van der Waals surface area contributed by atoms with Gasteiger partial charge in [-0.05, 0) is 91.8 Å². The van der Waals surface area contributed by atoms with E-state index in [2.05, 4.69) is 205 Å². The molecule has 0 spiro atoms. The van der Waals surface area contributed by atoms with Crippen molar-refractivity contribution in [2.24, 2.45) is 0 Å². The molecule has 10 aromatic rings. The Labute approximate surface area is 302 Å². The number of anilines is 3. The third-order valence-corrected chi connectivity index (χ3v) is 10.2. The number of para-hydroxylation sites is 2. The third kappa shape index (κ3) is 5.21. The van der Waals surface area contributed by atoms with Gasteiger partial charge in [-0.3, -0.25) is 0 Å². The monoisotopic (exact) mass is 663 g/mol. The summed E-state index contributed by atoms with van der Waals surface area (Å²) in [7, 11) is 0. The highest BCUT2D eigenvalue weighted by Gasteiger charge is 2.21. The van der Waals surface area contributed by atoms with Crippen LogP contribution in [0.2, 0.25) is 0 Å². The minimum atomic E-state index is 0.860. The lowest BCUT2D eigenvalue weighted by Crippen LogP contribution is -2.10. The number of hydrogen-bond donors (Lipinski definition) is 0. The van der Waals surface area contributed by atoms with E-state index in [0.717, 1.165) is 50.1 Å². The number of fused-ring (bicyclic) bond motifs is 5. The first-order valence-corrected chi connectivity index (χ1v) is 17.8. The van der Waals surface area contributed by atoms with E-state index in [9.17, 15) is 0 Å². The molecule has 9 aromatic carbocycles. The predicted molar refractivity (Wildman–Crippen MR) is 220 cm³/mol. The van der Waals surface area contributed by atoms with E-state index in [4.69, 9.17) is 4.42 Å². The van der Waals surface area contributed by atoms with Gasteiger partial charge in [0.1, 0.15) is 5.58 Å². The van der Waals surface area contributed by atoms with E-state index < -0.39 is 0 Å². The third-order valence-electron chi connectivity index (χ3n) is 10.2. The molecular weight excluding hydrogens is 631 g/mol. The molecule has 0 saturated heterocycles. The van der Waals surface area contributed by atoms with Crippen LogP contribution < -0.4 is 4.90 Å².